The third-order valence-corrected chi connectivity index (χ3v) is 5.59. The van der Waals surface area contributed by atoms with Crippen LogP contribution in [0.3, 0.4) is 0 Å². The van der Waals surface area contributed by atoms with Gasteiger partial charge in [-0.25, -0.2) is 14.6 Å². The first-order valence-corrected chi connectivity index (χ1v) is 13.9. The smallest absolute Gasteiger partial charge is 0.414 e. The Kier molecular flexibility index (Phi) is 10.8. The van der Waals surface area contributed by atoms with E-state index in [2.05, 4.69) is 30.9 Å². The second-order valence-electron chi connectivity index (χ2n) is 11.7. The summed E-state index contributed by atoms with van der Waals surface area (Å²) < 4.78 is 10.6. The Bertz CT molecular complexity index is 1460. The van der Waals surface area contributed by atoms with Crippen molar-refractivity contribution in [2.24, 2.45) is 4.99 Å². The van der Waals surface area contributed by atoms with E-state index in [1.54, 1.807) is 72.0 Å². The van der Waals surface area contributed by atoms with E-state index in [0.29, 0.717) is 21.8 Å². The number of aliphatic imine (C=N–C) groups is 1. The number of guanidine groups is 1. The molecule has 3 aromatic rings. The Morgan fingerprint density at radius 1 is 0.860 bits per heavy atom. The van der Waals surface area contributed by atoms with Crippen molar-refractivity contribution in [3.63, 3.8) is 0 Å². The lowest BCUT2D eigenvalue weighted by atomic mass is 9.99. The van der Waals surface area contributed by atoms with Crippen molar-refractivity contribution in [2.45, 2.75) is 72.8 Å². The van der Waals surface area contributed by atoms with Crippen molar-refractivity contribution in [2.75, 3.05) is 0 Å². The van der Waals surface area contributed by atoms with Crippen molar-refractivity contribution in [1.82, 2.24) is 25.9 Å². The number of amides is 3. The zero-order valence-corrected chi connectivity index (χ0v) is 26.1. The molecule has 0 radical (unpaired) electrons. The van der Waals surface area contributed by atoms with Crippen molar-refractivity contribution in [3.05, 3.63) is 82.4 Å². The Labute approximate surface area is 256 Å². The number of pyridine rings is 2. The van der Waals surface area contributed by atoms with Crippen LogP contribution in [0.2, 0.25) is 5.02 Å². The van der Waals surface area contributed by atoms with Gasteiger partial charge in [-0.2, -0.15) is 0 Å². The normalized spacial score (nSPS) is 11.3. The summed E-state index contributed by atoms with van der Waals surface area (Å²) in [6, 6.07) is 12.5. The molecule has 0 saturated carbocycles. The van der Waals surface area contributed by atoms with E-state index in [1.165, 1.54) is 6.20 Å². The SMILES string of the molecule is Cc1cc(-c2cc(CN=C(NC(=O)OC(C)(C)C)NC(=O)OC(C)(C)C)cc(C(=O)NCc3ccc(Cl)cn3)c2)ccn1. The number of nitrogens with one attached hydrogen (secondary N) is 3. The topological polar surface area (TPSA) is 144 Å². The average Bonchev–Trinajstić information content (AvgIpc) is 2.89. The maximum absolute atomic E-state index is 13.2. The summed E-state index contributed by atoms with van der Waals surface area (Å²) in [6.45, 7) is 12.4. The Balaban J connectivity index is 1.92. The molecule has 3 rings (SSSR count). The molecule has 0 aliphatic heterocycles. The summed E-state index contributed by atoms with van der Waals surface area (Å²) in [4.78, 5) is 51.1. The minimum Gasteiger partial charge on any atom is -0.444 e. The molecule has 0 aliphatic rings. The number of carbonyl (C=O) groups excluding carboxylic acids is 3. The summed E-state index contributed by atoms with van der Waals surface area (Å²) in [5.41, 5.74) is 2.54. The predicted octanol–water partition coefficient (Wildman–Crippen LogP) is 5.94. The van der Waals surface area contributed by atoms with Gasteiger partial charge in [0.1, 0.15) is 11.2 Å². The molecule has 11 nitrogen and oxygen atoms in total. The van der Waals surface area contributed by atoms with Crippen LogP contribution in [-0.2, 0) is 22.6 Å². The number of halogens is 1. The van der Waals surface area contributed by atoms with Crippen molar-refractivity contribution < 1.29 is 23.9 Å². The molecule has 0 saturated heterocycles. The molecule has 0 bridgehead atoms. The van der Waals surface area contributed by atoms with Gasteiger partial charge in [-0.3, -0.25) is 25.4 Å². The van der Waals surface area contributed by atoms with Crippen LogP contribution in [0, 0.1) is 6.92 Å². The third kappa shape index (κ3) is 11.7. The lowest BCUT2D eigenvalue weighted by Gasteiger charge is -2.22. The predicted molar refractivity (Wildman–Crippen MR) is 165 cm³/mol. The molecule has 1 aromatic carbocycles. The maximum Gasteiger partial charge on any atom is 0.414 e. The number of hydrogen-bond acceptors (Lipinski definition) is 8. The zero-order valence-electron chi connectivity index (χ0n) is 25.4. The molecule has 0 spiro atoms. The van der Waals surface area contributed by atoms with E-state index >= 15 is 0 Å². The Morgan fingerprint density at radius 2 is 1.51 bits per heavy atom. The second-order valence-corrected chi connectivity index (χ2v) is 12.1. The fourth-order valence-corrected chi connectivity index (χ4v) is 3.78. The van der Waals surface area contributed by atoms with Crippen LogP contribution in [0.15, 0.2) is 59.9 Å². The summed E-state index contributed by atoms with van der Waals surface area (Å²) >= 11 is 5.91. The van der Waals surface area contributed by atoms with Crippen LogP contribution in [0.1, 0.15) is 68.9 Å². The largest absolute Gasteiger partial charge is 0.444 e. The first-order chi connectivity index (χ1) is 20.1. The number of alkyl carbamates (subject to hydrolysis) is 2. The monoisotopic (exact) mass is 608 g/mol. The highest BCUT2D eigenvalue weighted by atomic mass is 35.5. The van der Waals surface area contributed by atoms with Gasteiger partial charge in [0.25, 0.3) is 5.91 Å². The van der Waals surface area contributed by atoms with Gasteiger partial charge in [0, 0.05) is 23.7 Å². The summed E-state index contributed by atoms with van der Waals surface area (Å²) in [7, 11) is 0. The van der Waals surface area contributed by atoms with Gasteiger partial charge in [-0.1, -0.05) is 11.6 Å². The van der Waals surface area contributed by atoms with E-state index in [1.807, 2.05) is 25.1 Å². The van der Waals surface area contributed by atoms with Gasteiger partial charge >= 0.3 is 12.2 Å². The van der Waals surface area contributed by atoms with Crippen molar-refractivity contribution in [3.8, 4) is 11.1 Å². The molecular weight excluding hydrogens is 572 g/mol. The van der Waals surface area contributed by atoms with Gasteiger partial charge in [-0.05, 0) is 108 Å². The summed E-state index contributed by atoms with van der Waals surface area (Å²) in [5.74, 6) is -0.498. The van der Waals surface area contributed by atoms with Crippen molar-refractivity contribution in [1.29, 1.82) is 0 Å². The number of carbonyl (C=O) groups is 3. The maximum atomic E-state index is 13.2. The van der Waals surface area contributed by atoms with Gasteiger partial charge in [0.15, 0.2) is 0 Å². The highest BCUT2D eigenvalue weighted by Gasteiger charge is 2.21. The highest BCUT2D eigenvalue weighted by Crippen LogP contribution is 2.24. The average molecular weight is 609 g/mol. The molecule has 0 unspecified atom stereocenters. The first kappa shape index (κ1) is 33.0. The lowest BCUT2D eigenvalue weighted by Crippen LogP contribution is -2.47. The number of aryl methyl sites for hydroxylation is 1. The number of rotatable bonds is 6. The molecule has 3 N–H and O–H groups in total. The van der Waals surface area contributed by atoms with Crippen LogP contribution < -0.4 is 16.0 Å². The molecule has 228 valence electrons. The number of ether oxygens (including phenoxy) is 2. The zero-order chi connectivity index (χ0) is 31.8. The fourth-order valence-electron chi connectivity index (χ4n) is 3.67. The molecule has 0 atom stereocenters. The van der Waals surface area contributed by atoms with E-state index in [-0.39, 0.29) is 25.0 Å². The van der Waals surface area contributed by atoms with Crippen LogP contribution in [0.5, 0.6) is 0 Å². The van der Waals surface area contributed by atoms with E-state index in [0.717, 1.165) is 16.8 Å². The Morgan fingerprint density at radius 3 is 2.07 bits per heavy atom. The standard InChI is InChI=1S/C31H37ClN6O5/c1-19-12-21(10-11-33-19)22-13-20(14-23(15-22)26(39)35-18-25-9-8-24(32)17-34-25)16-36-27(37-28(40)42-30(2,3)4)38-29(41)43-31(5,6)7/h8-15,17H,16,18H2,1-7H3,(H,35,39)(H2,36,37,38,40,41). The lowest BCUT2D eigenvalue weighted by molar-refractivity contribution is 0.0544. The minimum absolute atomic E-state index is 0.00213. The number of aromatic nitrogens is 2. The van der Waals surface area contributed by atoms with Crippen LogP contribution in [-0.4, -0.2) is 45.2 Å². The molecule has 0 fully saturated rings. The van der Waals surface area contributed by atoms with Crippen LogP contribution in [0.4, 0.5) is 9.59 Å². The first-order valence-electron chi connectivity index (χ1n) is 13.6. The minimum atomic E-state index is -0.806. The van der Waals surface area contributed by atoms with Crippen molar-refractivity contribution >= 4 is 35.7 Å². The van der Waals surface area contributed by atoms with E-state index in [4.69, 9.17) is 21.1 Å². The molecule has 2 heterocycles. The van der Waals surface area contributed by atoms with Gasteiger partial charge in [0.05, 0.1) is 23.8 Å². The quantitative estimate of drug-likeness (QED) is 0.232. The van der Waals surface area contributed by atoms with Gasteiger partial charge in [0.2, 0.25) is 5.96 Å². The molecule has 3 amide bonds. The van der Waals surface area contributed by atoms with Gasteiger partial charge < -0.3 is 14.8 Å². The highest BCUT2D eigenvalue weighted by molar-refractivity contribution is 6.30. The fraction of sp³-hybridized carbons (Fsp3) is 0.355. The number of hydrogen-bond donors (Lipinski definition) is 3. The second kappa shape index (κ2) is 14.1. The molecule has 0 aliphatic carbocycles. The van der Waals surface area contributed by atoms with Gasteiger partial charge in [-0.15, -0.1) is 0 Å². The summed E-state index contributed by atoms with van der Waals surface area (Å²) in [6.07, 6.45) is 1.59. The number of nitrogens with zero attached hydrogens (tertiary/aromatic N) is 3. The summed E-state index contributed by atoms with van der Waals surface area (Å²) in [5, 5.41) is 8.31. The molecule has 12 heteroatoms. The van der Waals surface area contributed by atoms with Crippen LogP contribution >= 0.6 is 11.6 Å². The molecular formula is C31H37ClN6O5. The third-order valence-electron chi connectivity index (χ3n) is 5.36. The Hall–Kier alpha value is -4.51. The molecule has 2 aromatic heterocycles. The van der Waals surface area contributed by atoms with E-state index in [9.17, 15) is 14.4 Å². The van der Waals surface area contributed by atoms with E-state index < -0.39 is 23.4 Å². The van der Waals surface area contributed by atoms with Crippen LogP contribution in [0.25, 0.3) is 11.1 Å². The molecule has 43 heavy (non-hydrogen) atoms. The number of benzene rings is 1.